The number of nitrogens with one attached hydrogen (secondary N) is 3. The van der Waals surface area contributed by atoms with Gasteiger partial charge < -0.3 is 16.0 Å². The zero-order valence-corrected chi connectivity index (χ0v) is 15.1. The Morgan fingerprint density at radius 1 is 1.29 bits per heavy atom. The summed E-state index contributed by atoms with van der Waals surface area (Å²) in [6.07, 6.45) is 8.07. The van der Waals surface area contributed by atoms with Gasteiger partial charge in [-0.1, -0.05) is 26.2 Å². The van der Waals surface area contributed by atoms with Gasteiger partial charge in [0.1, 0.15) is 0 Å². The first-order valence-corrected chi connectivity index (χ1v) is 8.90. The van der Waals surface area contributed by atoms with Crippen molar-refractivity contribution < 1.29 is 4.79 Å². The van der Waals surface area contributed by atoms with Gasteiger partial charge in [-0.15, -0.1) is 0 Å². The average molecular weight is 333 g/mol. The predicted octanol–water partition coefficient (Wildman–Crippen LogP) is 2.34. The van der Waals surface area contributed by atoms with Crippen LogP contribution < -0.4 is 16.0 Å². The van der Waals surface area contributed by atoms with Crippen LogP contribution in [-0.4, -0.2) is 42.5 Å². The molecule has 134 valence electrons. The molecule has 1 aromatic heterocycles. The van der Waals surface area contributed by atoms with Gasteiger partial charge in [0.05, 0.1) is 12.1 Å². The third kappa shape index (κ3) is 8.50. The van der Waals surface area contributed by atoms with E-state index in [1.54, 1.807) is 24.5 Å². The number of rotatable bonds is 10. The number of guanidine groups is 1. The molecule has 0 radical (unpaired) electrons. The lowest BCUT2D eigenvalue weighted by molar-refractivity contribution is 0.0954. The van der Waals surface area contributed by atoms with Gasteiger partial charge in [0, 0.05) is 31.5 Å². The smallest absolute Gasteiger partial charge is 0.252 e. The second kappa shape index (κ2) is 12.3. The highest BCUT2D eigenvalue weighted by atomic mass is 16.1. The molecule has 0 aliphatic heterocycles. The Bertz CT molecular complexity index is 489. The van der Waals surface area contributed by atoms with E-state index in [1.165, 1.54) is 19.3 Å². The standard InChI is InChI=1S/C18H31N5O/c1-4-6-7-9-15(3)23-18(20-5-2)22-13-12-21-17(24)16-10-8-11-19-14-16/h8,10-11,14-15H,4-7,9,12-13H2,1-3H3,(H,21,24)(H2,20,22,23). The normalized spacial score (nSPS) is 12.5. The molecule has 1 heterocycles. The summed E-state index contributed by atoms with van der Waals surface area (Å²) >= 11 is 0. The molecular formula is C18H31N5O. The molecule has 0 spiro atoms. The topological polar surface area (TPSA) is 78.4 Å². The van der Waals surface area contributed by atoms with Crippen molar-refractivity contribution in [1.29, 1.82) is 0 Å². The first-order chi connectivity index (χ1) is 11.7. The molecule has 1 amide bonds. The lowest BCUT2D eigenvalue weighted by atomic mass is 10.1. The van der Waals surface area contributed by atoms with Crippen LogP contribution in [0.1, 0.15) is 56.8 Å². The largest absolute Gasteiger partial charge is 0.357 e. The lowest BCUT2D eigenvalue weighted by Crippen LogP contribution is -2.42. The van der Waals surface area contributed by atoms with Crippen LogP contribution in [0.15, 0.2) is 29.5 Å². The summed E-state index contributed by atoms with van der Waals surface area (Å²) < 4.78 is 0. The van der Waals surface area contributed by atoms with Crippen LogP contribution in [0.25, 0.3) is 0 Å². The van der Waals surface area contributed by atoms with Gasteiger partial charge in [-0.25, -0.2) is 0 Å². The quantitative estimate of drug-likeness (QED) is 0.349. The average Bonchev–Trinajstić information content (AvgIpc) is 2.59. The van der Waals surface area contributed by atoms with E-state index in [2.05, 4.69) is 39.8 Å². The molecule has 6 heteroatoms. The highest BCUT2D eigenvalue weighted by Crippen LogP contribution is 2.02. The Labute approximate surface area is 145 Å². The third-order valence-corrected chi connectivity index (χ3v) is 3.56. The predicted molar refractivity (Wildman–Crippen MR) is 99.3 cm³/mol. The Kier molecular flexibility index (Phi) is 10.2. The molecule has 0 bridgehead atoms. The van der Waals surface area contributed by atoms with E-state index in [4.69, 9.17) is 0 Å². The first kappa shape index (κ1) is 19.9. The molecule has 1 atom stereocenters. The molecule has 0 saturated heterocycles. The van der Waals surface area contributed by atoms with Crippen LogP contribution >= 0.6 is 0 Å². The van der Waals surface area contributed by atoms with Crippen LogP contribution in [-0.2, 0) is 0 Å². The van der Waals surface area contributed by atoms with Crippen molar-refractivity contribution >= 4 is 11.9 Å². The summed E-state index contributed by atoms with van der Waals surface area (Å²) in [5, 5.41) is 9.50. The van der Waals surface area contributed by atoms with Crippen LogP contribution in [0.5, 0.6) is 0 Å². The monoisotopic (exact) mass is 333 g/mol. The van der Waals surface area contributed by atoms with Crippen LogP contribution in [0.3, 0.4) is 0 Å². The van der Waals surface area contributed by atoms with Crippen LogP contribution in [0.4, 0.5) is 0 Å². The van der Waals surface area contributed by atoms with Gasteiger partial charge in [-0.2, -0.15) is 0 Å². The van der Waals surface area contributed by atoms with Gasteiger partial charge in [0.25, 0.3) is 5.91 Å². The molecule has 1 aromatic rings. The number of hydrogen-bond donors (Lipinski definition) is 3. The Morgan fingerprint density at radius 2 is 2.12 bits per heavy atom. The van der Waals surface area contributed by atoms with Gasteiger partial charge in [-0.05, 0) is 32.4 Å². The maximum absolute atomic E-state index is 11.9. The van der Waals surface area contributed by atoms with Gasteiger partial charge in [0.2, 0.25) is 0 Å². The SMILES string of the molecule is CCCCCC(C)NC(=NCCNC(=O)c1cccnc1)NCC. The molecule has 0 aliphatic carbocycles. The molecular weight excluding hydrogens is 302 g/mol. The van der Waals surface area contributed by atoms with Crippen molar-refractivity contribution in [3.63, 3.8) is 0 Å². The minimum absolute atomic E-state index is 0.121. The highest BCUT2D eigenvalue weighted by Gasteiger charge is 2.06. The van der Waals surface area contributed by atoms with Gasteiger partial charge in [0.15, 0.2) is 5.96 Å². The Balaban J connectivity index is 2.35. The first-order valence-electron chi connectivity index (χ1n) is 8.90. The third-order valence-electron chi connectivity index (χ3n) is 3.56. The number of carbonyl (C=O) groups excluding carboxylic acids is 1. The summed E-state index contributed by atoms with van der Waals surface area (Å²) in [6, 6.07) is 3.88. The van der Waals surface area contributed by atoms with E-state index in [1.807, 2.05) is 6.92 Å². The number of pyridine rings is 1. The molecule has 24 heavy (non-hydrogen) atoms. The number of carbonyl (C=O) groups is 1. The zero-order chi connectivity index (χ0) is 17.6. The Morgan fingerprint density at radius 3 is 2.79 bits per heavy atom. The second-order valence-corrected chi connectivity index (χ2v) is 5.80. The van der Waals surface area contributed by atoms with Gasteiger partial charge in [-0.3, -0.25) is 14.8 Å². The van der Waals surface area contributed by atoms with Crippen molar-refractivity contribution in [2.75, 3.05) is 19.6 Å². The molecule has 1 unspecified atom stereocenters. The molecule has 0 aliphatic rings. The van der Waals surface area contributed by atoms with Crippen molar-refractivity contribution in [2.45, 2.75) is 52.5 Å². The number of aromatic nitrogens is 1. The molecule has 6 nitrogen and oxygen atoms in total. The summed E-state index contributed by atoms with van der Waals surface area (Å²) in [5.41, 5.74) is 0.566. The van der Waals surface area contributed by atoms with E-state index < -0.39 is 0 Å². The fourth-order valence-electron chi connectivity index (χ4n) is 2.26. The van der Waals surface area contributed by atoms with Crippen LogP contribution in [0, 0.1) is 0 Å². The maximum Gasteiger partial charge on any atom is 0.252 e. The second-order valence-electron chi connectivity index (χ2n) is 5.80. The van der Waals surface area contributed by atoms with Crippen LogP contribution in [0.2, 0.25) is 0 Å². The fourth-order valence-corrected chi connectivity index (χ4v) is 2.26. The lowest BCUT2D eigenvalue weighted by Gasteiger charge is -2.17. The van der Waals surface area contributed by atoms with E-state index >= 15 is 0 Å². The van der Waals surface area contributed by atoms with Crippen molar-refractivity contribution in [1.82, 2.24) is 20.9 Å². The summed E-state index contributed by atoms with van der Waals surface area (Å²) in [6.45, 7) is 8.27. The van der Waals surface area contributed by atoms with E-state index in [9.17, 15) is 4.79 Å². The molecule has 3 N–H and O–H groups in total. The minimum Gasteiger partial charge on any atom is -0.357 e. The molecule has 0 saturated carbocycles. The van der Waals surface area contributed by atoms with E-state index in [0.717, 1.165) is 18.9 Å². The highest BCUT2D eigenvalue weighted by molar-refractivity contribution is 5.93. The summed E-state index contributed by atoms with van der Waals surface area (Å²) in [7, 11) is 0. The zero-order valence-electron chi connectivity index (χ0n) is 15.1. The summed E-state index contributed by atoms with van der Waals surface area (Å²) in [4.78, 5) is 20.4. The number of hydrogen-bond acceptors (Lipinski definition) is 3. The molecule has 0 fully saturated rings. The molecule has 0 aromatic carbocycles. The number of nitrogens with zero attached hydrogens (tertiary/aromatic N) is 2. The van der Waals surface area contributed by atoms with E-state index in [0.29, 0.717) is 24.7 Å². The number of amides is 1. The number of unbranched alkanes of at least 4 members (excludes halogenated alkanes) is 2. The van der Waals surface area contributed by atoms with Crippen molar-refractivity contribution in [2.24, 2.45) is 4.99 Å². The maximum atomic E-state index is 11.9. The fraction of sp³-hybridized carbons (Fsp3) is 0.611. The number of aliphatic imine (C=N–C) groups is 1. The van der Waals surface area contributed by atoms with E-state index in [-0.39, 0.29) is 5.91 Å². The van der Waals surface area contributed by atoms with Gasteiger partial charge >= 0.3 is 0 Å². The van der Waals surface area contributed by atoms with Crippen molar-refractivity contribution in [3.8, 4) is 0 Å². The minimum atomic E-state index is -0.121. The summed E-state index contributed by atoms with van der Waals surface area (Å²) in [5.74, 6) is 0.682. The Hall–Kier alpha value is -2.11. The van der Waals surface area contributed by atoms with Crippen molar-refractivity contribution in [3.05, 3.63) is 30.1 Å². The molecule has 1 rings (SSSR count).